The molecule has 1 aromatic rings. The molecule has 0 aromatic carbocycles. The summed E-state index contributed by atoms with van der Waals surface area (Å²) in [5.74, 6) is 0. The summed E-state index contributed by atoms with van der Waals surface area (Å²) in [6.07, 6.45) is 3.38. The van der Waals surface area contributed by atoms with Gasteiger partial charge in [-0.05, 0) is 12.1 Å². The summed E-state index contributed by atoms with van der Waals surface area (Å²) in [6.45, 7) is 1.24. The van der Waals surface area contributed by atoms with Crippen LogP contribution in [0.4, 0.5) is 5.69 Å². The van der Waals surface area contributed by atoms with Gasteiger partial charge in [-0.25, -0.2) is 0 Å². The molecule has 4 heteroatoms. The van der Waals surface area contributed by atoms with Gasteiger partial charge in [0.05, 0.1) is 13.2 Å². The van der Waals surface area contributed by atoms with E-state index in [1.807, 2.05) is 17.0 Å². The van der Waals surface area contributed by atoms with Gasteiger partial charge in [0.2, 0.25) is 0 Å². The van der Waals surface area contributed by atoms with E-state index in [4.69, 9.17) is 10.2 Å². The summed E-state index contributed by atoms with van der Waals surface area (Å²) in [6, 6.07) is 3.70. The fraction of sp³-hybridized carbons (Fsp3) is 0.444. The molecule has 2 N–H and O–H groups in total. The molecule has 0 saturated carbocycles. The minimum absolute atomic E-state index is 0.0856. The molecule has 0 aliphatic rings. The normalized spacial score (nSPS) is 10.0. The molecule has 0 atom stereocenters. The highest BCUT2D eigenvalue weighted by atomic mass is 16.3. The zero-order valence-corrected chi connectivity index (χ0v) is 7.43. The van der Waals surface area contributed by atoms with E-state index < -0.39 is 0 Å². The van der Waals surface area contributed by atoms with Crippen molar-refractivity contribution >= 4 is 5.69 Å². The van der Waals surface area contributed by atoms with Crippen LogP contribution >= 0.6 is 0 Å². The standard InChI is InChI=1S/C9H14N2O2/c12-7-5-11(6-8-13)9-1-3-10-4-2-9/h1-4,12-13H,5-8H2. The molecule has 0 aliphatic carbocycles. The highest BCUT2D eigenvalue weighted by molar-refractivity contribution is 5.44. The summed E-state index contributed by atoms with van der Waals surface area (Å²) in [5, 5.41) is 17.6. The third kappa shape index (κ3) is 3.01. The molecule has 1 rings (SSSR count). The van der Waals surface area contributed by atoms with Crippen molar-refractivity contribution < 1.29 is 10.2 Å². The lowest BCUT2D eigenvalue weighted by Gasteiger charge is -2.22. The fourth-order valence-electron chi connectivity index (χ4n) is 1.17. The maximum atomic E-state index is 8.79. The maximum Gasteiger partial charge on any atom is 0.0606 e. The number of anilines is 1. The van der Waals surface area contributed by atoms with Gasteiger partial charge in [0.25, 0.3) is 0 Å². The van der Waals surface area contributed by atoms with Gasteiger partial charge < -0.3 is 15.1 Å². The monoisotopic (exact) mass is 182 g/mol. The molecular formula is C9H14N2O2. The van der Waals surface area contributed by atoms with E-state index in [1.165, 1.54) is 0 Å². The highest BCUT2D eigenvalue weighted by Gasteiger charge is 2.03. The molecule has 4 nitrogen and oxygen atoms in total. The Labute approximate surface area is 77.5 Å². The highest BCUT2D eigenvalue weighted by Crippen LogP contribution is 2.10. The molecule has 0 fully saturated rings. The Bertz CT molecular complexity index is 222. The number of aliphatic hydroxyl groups is 2. The second-order valence-electron chi connectivity index (χ2n) is 2.64. The largest absolute Gasteiger partial charge is 0.395 e. The van der Waals surface area contributed by atoms with E-state index in [-0.39, 0.29) is 13.2 Å². The lowest BCUT2D eigenvalue weighted by Crippen LogP contribution is -2.29. The second kappa shape index (κ2) is 5.50. The molecule has 0 unspecified atom stereocenters. The van der Waals surface area contributed by atoms with Crippen LogP contribution in [0.15, 0.2) is 24.5 Å². The smallest absolute Gasteiger partial charge is 0.0606 e. The predicted octanol–water partition coefficient (Wildman–Crippen LogP) is -0.127. The van der Waals surface area contributed by atoms with Crippen LogP contribution in [0.2, 0.25) is 0 Å². The molecule has 0 radical (unpaired) electrons. The summed E-state index contributed by atoms with van der Waals surface area (Å²) >= 11 is 0. The van der Waals surface area contributed by atoms with Gasteiger partial charge in [-0.1, -0.05) is 0 Å². The van der Waals surface area contributed by atoms with Gasteiger partial charge in [0.15, 0.2) is 0 Å². The Kier molecular flexibility index (Phi) is 4.21. The first-order valence-electron chi connectivity index (χ1n) is 4.25. The second-order valence-corrected chi connectivity index (χ2v) is 2.64. The van der Waals surface area contributed by atoms with E-state index in [9.17, 15) is 0 Å². The number of aliphatic hydroxyl groups excluding tert-OH is 2. The first kappa shape index (κ1) is 9.95. The van der Waals surface area contributed by atoms with E-state index in [2.05, 4.69) is 4.98 Å². The quantitative estimate of drug-likeness (QED) is 0.666. The van der Waals surface area contributed by atoms with Gasteiger partial charge in [-0.15, -0.1) is 0 Å². The summed E-state index contributed by atoms with van der Waals surface area (Å²) < 4.78 is 0. The molecule has 0 saturated heterocycles. The fourth-order valence-corrected chi connectivity index (χ4v) is 1.17. The number of rotatable bonds is 5. The van der Waals surface area contributed by atoms with E-state index in [0.29, 0.717) is 13.1 Å². The molecule has 1 heterocycles. The summed E-state index contributed by atoms with van der Waals surface area (Å²) in [4.78, 5) is 5.80. The van der Waals surface area contributed by atoms with Crippen LogP contribution in [0, 0.1) is 0 Å². The predicted molar refractivity (Wildman–Crippen MR) is 50.6 cm³/mol. The van der Waals surface area contributed by atoms with Gasteiger partial charge in [-0.2, -0.15) is 0 Å². The molecule has 0 amide bonds. The third-order valence-electron chi connectivity index (χ3n) is 1.77. The zero-order chi connectivity index (χ0) is 9.52. The first-order chi connectivity index (χ1) is 6.38. The van der Waals surface area contributed by atoms with Crippen molar-refractivity contribution in [2.75, 3.05) is 31.2 Å². The van der Waals surface area contributed by atoms with Crippen LogP contribution < -0.4 is 4.90 Å². The minimum atomic E-state index is 0.0856. The molecule has 0 spiro atoms. The molecule has 1 aromatic heterocycles. The molecule has 72 valence electrons. The van der Waals surface area contributed by atoms with Crippen LogP contribution in [0.1, 0.15) is 0 Å². The Morgan fingerprint density at radius 3 is 2.08 bits per heavy atom. The Morgan fingerprint density at radius 2 is 1.62 bits per heavy atom. The summed E-state index contributed by atoms with van der Waals surface area (Å²) in [5.41, 5.74) is 0.970. The van der Waals surface area contributed by atoms with Crippen molar-refractivity contribution in [2.45, 2.75) is 0 Å². The van der Waals surface area contributed by atoms with E-state index >= 15 is 0 Å². The summed E-state index contributed by atoms with van der Waals surface area (Å²) in [7, 11) is 0. The van der Waals surface area contributed by atoms with Gasteiger partial charge in [-0.3, -0.25) is 4.98 Å². The topological polar surface area (TPSA) is 56.6 Å². The number of hydrogen-bond donors (Lipinski definition) is 2. The van der Waals surface area contributed by atoms with Gasteiger partial charge >= 0.3 is 0 Å². The minimum Gasteiger partial charge on any atom is -0.395 e. The average Bonchev–Trinajstić information content (AvgIpc) is 2.19. The van der Waals surface area contributed by atoms with Crippen molar-refractivity contribution in [3.63, 3.8) is 0 Å². The molecular weight excluding hydrogens is 168 g/mol. The Morgan fingerprint density at radius 1 is 1.08 bits per heavy atom. The molecule has 13 heavy (non-hydrogen) atoms. The number of hydrogen-bond acceptors (Lipinski definition) is 4. The number of pyridine rings is 1. The Balaban J connectivity index is 2.64. The third-order valence-corrected chi connectivity index (χ3v) is 1.77. The Hall–Kier alpha value is -1.13. The van der Waals surface area contributed by atoms with E-state index in [1.54, 1.807) is 12.4 Å². The maximum absolute atomic E-state index is 8.79. The van der Waals surface area contributed by atoms with Crippen molar-refractivity contribution in [3.8, 4) is 0 Å². The van der Waals surface area contributed by atoms with Crippen LogP contribution in [0.3, 0.4) is 0 Å². The van der Waals surface area contributed by atoms with Crippen LogP contribution in [0.25, 0.3) is 0 Å². The first-order valence-corrected chi connectivity index (χ1v) is 4.25. The van der Waals surface area contributed by atoms with Crippen molar-refractivity contribution in [3.05, 3.63) is 24.5 Å². The van der Waals surface area contributed by atoms with Crippen LogP contribution in [-0.2, 0) is 0 Å². The molecule has 0 bridgehead atoms. The van der Waals surface area contributed by atoms with Crippen LogP contribution in [0.5, 0.6) is 0 Å². The van der Waals surface area contributed by atoms with Crippen molar-refractivity contribution in [1.82, 2.24) is 4.98 Å². The molecule has 0 aliphatic heterocycles. The lowest BCUT2D eigenvalue weighted by molar-refractivity contribution is 0.281. The van der Waals surface area contributed by atoms with Crippen molar-refractivity contribution in [1.29, 1.82) is 0 Å². The van der Waals surface area contributed by atoms with Gasteiger partial charge in [0, 0.05) is 31.2 Å². The van der Waals surface area contributed by atoms with Gasteiger partial charge in [0.1, 0.15) is 0 Å². The SMILES string of the molecule is OCCN(CCO)c1ccncc1. The number of aromatic nitrogens is 1. The van der Waals surface area contributed by atoms with Crippen molar-refractivity contribution in [2.24, 2.45) is 0 Å². The van der Waals surface area contributed by atoms with Crippen LogP contribution in [-0.4, -0.2) is 41.5 Å². The lowest BCUT2D eigenvalue weighted by atomic mass is 10.3. The van der Waals surface area contributed by atoms with E-state index in [0.717, 1.165) is 5.69 Å². The zero-order valence-electron chi connectivity index (χ0n) is 7.43. The average molecular weight is 182 g/mol. The number of nitrogens with zero attached hydrogens (tertiary/aromatic N) is 2.